The molecule has 0 unspecified atom stereocenters. The zero-order valence-corrected chi connectivity index (χ0v) is 10.7. The average molecular weight is 245 g/mol. The van der Waals surface area contributed by atoms with Crippen LogP contribution in [0.2, 0.25) is 0 Å². The van der Waals surface area contributed by atoms with Crippen molar-refractivity contribution in [2.45, 2.75) is 6.54 Å². The van der Waals surface area contributed by atoms with Crippen LogP contribution in [0, 0.1) is 0 Å². The molecule has 1 saturated heterocycles. The highest BCUT2D eigenvalue weighted by atomic mass is 15.2. The molecule has 3 rings (SSSR count). The van der Waals surface area contributed by atoms with E-state index in [0.29, 0.717) is 0 Å². The van der Waals surface area contributed by atoms with Crippen molar-refractivity contribution in [3.63, 3.8) is 0 Å². The quantitative estimate of drug-likeness (QED) is 0.844. The summed E-state index contributed by atoms with van der Waals surface area (Å²) < 4.78 is 2.00. The van der Waals surface area contributed by atoms with Gasteiger partial charge in [0.25, 0.3) is 0 Å². The summed E-state index contributed by atoms with van der Waals surface area (Å²) in [6.45, 7) is 5.44. The Bertz CT molecular complexity index is 539. The first-order chi connectivity index (χ1) is 8.70. The smallest absolute Gasteiger partial charge is 0.137 e. The van der Waals surface area contributed by atoms with Crippen LogP contribution in [0.5, 0.6) is 0 Å². The van der Waals surface area contributed by atoms with Crippen molar-refractivity contribution in [1.82, 2.24) is 19.2 Å². The summed E-state index contributed by atoms with van der Waals surface area (Å²) in [4.78, 5) is 9.43. The molecule has 0 aromatic carbocycles. The molecule has 18 heavy (non-hydrogen) atoms. The molecule has 0 spiro atoms. The van der Waals surface area contributed by atoms with Crippen LogP contribution >= 0.6 is 0 Å². The fourth-order valence-electron chi connectivity index (χ4n) is 2.37. The normalized spacial score (nSPS) is 18.5. The molecule has 0 saturated carbocycles. The van der Waals surface area contributed by atoms with Crippen molar-refractivity contribution < 1.29 is 0 Å². The topological polar surface area (TPSA) is 49.8 Å². The van der Waals surface area contributed by atoms with Gasteiger partial charge in [0.1, 0.15) is 5.65 Å². The number of hydrogen-bond acceptors (Lipinski definition) is 4. The van der Waals surface area contributed by atoms with Crippen molar-refractivity contribution in [3.8, 4) is 0 Å². The van der Waals surface area contributed by atoms with Gasteiger partial charge in [0, 0.05) is 50.8 Å². The number of fused-ring (bicyclic) bond motifs is 1. The Morgan fingerprint density at radius 3 is 2.72 bits per heavy atom. The number of pyridine rings is 1. The second-order valence-corrected chi connectivity index (χ2v) is 5.04. The molecule has 2 aromatic rings. The molecule has 0 atom stereocenters. The molecule has 96 valence electrons. The SMILES string of the molecule is CN1CCN(Cc2cn3cc(N)ccc3n2)CC1. The first-order valence-electron chi connectivity index (χ1n) is 6.35. The highest BCUT2D eigenvalue weighted by molar-refractivity contribution is 5.48. The maximum Gasteiger partial charge on any atom is 0.137 e. The number of aromatic nitrogens is 2. The number of imidazole rings is 1. The van der Waals surface area contributed by atoms with E-state index in [1.165, 1.54) is 0 Å². The lowest BCUT2D eigenvalue weighted by Crippen LogP contribution is -2.43. The van der Waals surface area contributed by atoms with E-state index in [1.807, 2.05) is 22.7 Å². The summed E-state index contributed by atoms with van der Waals surface area (Å²) in [5.74, 6) is 0. The molecule has 1 aliphatic heterocycles. The predicted octanol–water partition coefficient (Wildman–Crippen LogP) is 0.664. The van der Waals surface area contributed by atoms with Gasteiger partial charge in [-0.3, -0.25) is 4.90 Å². The van der Waals surface area contributed by atoms with Gasteiger partial charge in [-0.25, -0.2) is 4.98 Å². The molecule has 0 aliphatic carbocycles. The molecule has 2 aromatic heterocycles. The molecule has 0 amide bonds. The van der Waals surface area contributed by atoms with Crippen LogP contribution in [0.4, 0.5) is 5.69 Å². The van der Waals surface area contributed by atoms with Crippen LogP contribution in [-0.4, -0.2) is 52.4 Å². The number of nitrogens with two attached hydrogens (primary N) is 1. The van der Waals surface area contributed by atoms with E-state index < -0.39 is 0 Å². The van der Waals surface area contributed by atoms with Gasteiger partial charge in [-0.15, -0.1) is 0 Å². The molecule has 5 nitrogen and oxygen atoms in total. The highest BCUT2D eigenvalue weighted by Crippen LogP contribution is 2.11. The van der Waals surface area contributed by atoms with Crippen molar-refractivity contribution in [1.29, 1.82) is 0 Å². The third-order valence-corrected chi connectivity index (χ3v) is 3.51. The van der Waals surface area contributed by atoms with Crippen LogP contribution < -0.4 is 5.73 Å². The number of anilines is 1. The Balaban J connectivity index is 1.74. The van der Waals surface area contributed by atoms with Crippen LogP contribution in [-0.2, 0) is 6.54 Å². The number of nitrogen functional groups attached to an aromatic ring is 1. The summed E-state index contributed by atoms with van der Waals surface area (Å²) in [5, 5.41) is 0. The van der Waals surface area contributed by atoms with Crippen LogP contribution in [0.1, 0.15) is 5.69 Å². The lowest BCUT2D eigenvalue weighted by Gasteiger charge is -2.31. The van der Waals surface area contributed by atoms with Gasteiger partial charge < -0.3 is 15.0 Å². The fraction of sp³-hybridized carbons (Fsp3) is 0.462. The third-order valence-electron chi connectivity index (χ3n) is 3.51. The number of hydrogen-bond donors (Lipinski definition) is 1. The zero-order chi connectivity index (χ0) is 12.5. The maximum atomic E-state index is 5.77. The van der Waals surface area contributed by atoms with Gasteiger partial charge in [0.2, 0.25) is 0 Å². The summed E-state index contributed by atoms with van der Waals surface area (Å²) in [6, 6.07) is 3.85. The van der Waals surface area contributed by atoms with Crippen molar-refractivity contribution >= 4 is 11.3 Å². The largest absolute Gasteiger partial charge is 0.398 e. The molecule has 5 heteroatoms. The summed E-state index contributed by atoms with van der Waals surface area (Å²) in [7, 11) is 2.17. The summed E-state index contributed by atoms with van der Waals surface area (Å²) in [6.07, 6.45) is 3.99. The standard InChI is InChI=1S/C13H19N5/c1-16-4-6-17(7-5-16)9-12-10-18-8-11(14)2-3-13(18)15-12/h2-3,8,10H,4-7,9,14H2,1H3. The van der Waals surface area contributed by atoms with Gasteiger partial charge in [-0.2, -0.15) is 0 Å². The molecule has 0 radical (unpaired) electrons. The van der Waals surface area contributed by atoms with E-state index in [1.54, 1.807) is 0 Å². The van der Waals surface area contributed by atoms with Crippen molar-refractivity contribution in [3.05, 3.63) is 30.2 Å². The highest BCUT2D eigenvalue weighted by Gasteiger charge is 2.15. The second kappa shape index (κ2) is 4.59. The molecule has 3 heterocycles. The van der Waals surface area contributed by atoms with E-state index in [0.717, 1.165) is 49.8 Å². The Hall–Kier alpha value is -1.59. The van der Waals surface area contributed by atoms with Gasteiger partial charge >= 0.3 is 0 Å². The first kappa shape index (κ1) is 11.5. The van der Waals surface area contributed by atoms with Gasteiger partial charge in [-0.1, -0.05) is 0 Å². The van der Waals surface area contributed by atoms with Crippen LogP contribution in [0.15, 0.2) is 24.5 Å². The van der Waals surface area contributed by atoms with Crippen LogP contribution in [0.3, 0.4) is 0 Å². The third kappa shape index (κ3) is 2.32. The molecular weight excluding hydrogens is 226 g/mol. The lowest BCUT2D eigenvalue weighted by atomic mass is 10.3. The van der Waals surface area contributed by atoms with E-state index in [2.05, 4.69) is 28.0 Å². The zero-order valence-electron chi connectivity index (χ0n) is 10.7. The molecule has 1 fully saturated rings. The fourth-order valence-corrected chi connectivity index (χ4v) is 2.37. The monoisotopic (exact) mass is 245 g/mol. The Morgan fingerprint density at radius 2 is 1.94 bits per heavy atom. The first-order valence-corrected chi connectivity index (χ1v) is 6.35. The van der Waals surface area contributed by atoms with Crippen molar-refractivity contribution in [2.75, 3.05) is 39.0 Å². The summed E-state index contributed by atoms with van der Waals surface area (Å²) in [5.41, 5.74) is 8.62. The summed E-state index contributed by atoms with van der Waals surface area (Å²) >= 11 is 0. The van der Waals surface area contributed by atoms with E-state index >= 15 is 0 Å². The minimum Gasteiger partial charge on any atom is -0.398 e. The number of nitrogens with zero attached hydrogens (tertiary/aromatic N) is 4. The van der Waals surface area contributed by atoms with E-state index in [9.17, 15) is 0 Å². The minimum absolute atomic E-state index is 0.769. The van der Waals surface area contributed by atoms with E-state index in [-0.39, 0.29) is 0 Å². The van der Waals surface area contributed by atoms with Gasteiger partial charge in [0.05, 0.1) is 5.69 Å². The van der Waals surface area contributed by atoms with Crippen molar-refractivity contribution in [2.24, 2.45) is 0 Å². The second-order valence-electron chi connectivity index (χ2n) is 5.04. The number of piperazine rings is 1. The van der Waals surface area contributed by atoms with E-state index in [4.69, 9.17) is 5.73 Å². The number of rotatable bonds is 2. The number of likely N-dealkylation sites (N-methyl/N-ethyl adjacent to an activating group) is 1. The van der Waals surface area contributed by atoms with Gasteiger partial charge in [-0.05, 0) is 19.2 Å². The Labute approximate surface area is 107 Å². The molecule has 2 N–H and O–H groups in total. The average Bonchev–Trinajstić information content (AvgIpc) is 2.73. The molecule has 1 aliphatic rings. The van der Waals surface area contributed by atoms with Gasteiger partial charge in [0.15, 0.2) is 0 Å². The van der Waals surface area contributed by atoms with Crippen LogP contribution in [0.25, 0.3) is 5.65 Å². The minimum atomic E-state index is 0.769. The maximum absolute atomic E-state index is 5.77. The molecular formula is C13H19N5. The Kier molecular flexibility index (Phi) is 2.93. The Morgan fingerprint density at radius 1 is 1.17 bits per heavy atom. The molecule has 0 bridgehead atoms. The predicted molar refractivity (Wildman–Crippen MR) is 72.4 cm³/mol. The lowest BCUT2D eigenvalue weighted by molar-refractivity contribution is 0.147.